The van der Waals surface area contributed by atoms with E-state index in [0.717, 1.165) is 45.2 Å². The smallest absolute Gasteiger partial charge is 0.231 e. The normalized spacial score (nSPS) is 14.6. The van der Waals surface area contributed by atoms with Gasteiger partial charge in [0.1, 0.15) is 0 Å². The first-order valence-corrected chi connectivity index (χ1v) is 7.31. The molecule has 20 heavy (non-hydrogen) atoms. The quantitative estimate of drug-likeness (QED) is 0.696. The maximum Gasteiger partial charge on any atom is 0.231 e. The first-order chi connectivity index (χ1) is 9.83. The molecule has 112 valence electrons. The summed E-state index contributed by atoms with van der Waals surface area (Å²) in [4.78, 5) is 15.6. The van der Waals surface area contributed by atoms with Crippen molar-refractivity contribution in [3.63, 3.8) is 0 Å². The molecule has 0 amide bonds. The number of methoxy groups -OCH3 is 1. The third kappa shape index (κ3) is 4.19. The lowest BCUT2D eigenvalue weighted by Crippen LogP contribution is -2.22. The highest BCUT2D eigenvalue weighted by molar-refractivity contribution is 5.44. The third-order valence-electron chi connectivity index (χ3n) is 3.16. The van der Waals surface area contributed by atoms with E-state index in [2.05, 4.69) is 30.5 Å². The van der Waals surface area contributed by atoms with Gasteiger partial charge in [-0.1, -0.05) is 0 Å². The maximum atomic E-state index is 5.03. The van der Waals surface area contributed by atoms with E-state index in [0.29, 0.717) is 11.9 Å². The van der Waals surface area contributed by atoms with Crippen LogP contribution in [0.1, 0.15) is 26.2 Å². The van der Waals surface area contributed by atoms with Gasteiger partial charge in [0, 0.05) is 39.9 Å². The van der Waals surface area contributed by atoms with Crippen LogP contribution in [0.25, 0.3) is 0 Å². The van der Waals surface area contributed by atoms with E-state index in [-0.39, 0.29) is 0 Å². The lowest BCUT2D eigenvalue weighted by Gasteiger charge is -2.17. The van der Waals surface area contributed by atoms with Crippen molar-refractivity contribution in [2.45, 2.75) is 26.2 Å². The van der Waals surface area contributed by atoms with E-state index in [1.807, 2.05) is 6.92 Å². The summed E-state index contributed by atoms with van der Waals surface area (Å²) in [5.74, 6) is 2.04. The predicted octanol–water partition coefficient (Wildman–Crippen LogP) is 1.35. The Labute approximate surface area is 120 Å². The number of ether oxygens (including phenoxy) is 1. The van der Waals surface area contributed by atoms with Crippen LogP contribution in [0.4, 0.5) is 17.8 Å². The van der Waals surface area contributed by atoms with Crippen molar-refractivity contribution in [1.82, 2.24) is 15.0 Å². The Balaban J connectivity index is 2.04. The van der Waals surface area contributed by atoms with Gasteiger partial charge in [-0.15, -0.1) is 0 Å². The van der Waals surface area contributed by atoms with Crippen LogP contribution in [0.3, 0.4) is 0 Å². The number of anilines is 3. The van der Waals surface area contributed by atoms with E-state index in [9.17, 15) is 0 Å². The number of rotatable bonds is 8. The molecule has 2 N–H and O–H groups in total. The van der Waals surface area contributed by atoms with Gasteiger partial charge in [0.25, 0.3) is 0 Å². The summed E-state index contributed by atoms with van der Waals surface area (Å²) in [6.07, 6.45) is 3.34. The summed E-state index contributed by atoms with van der Waals surface area (Å²) in [5, 5.41) is 6.39. The molecule has 2 heterocycles. The van der Waals surface area contributed by atoms with Gasteiger partial charge in [-0.05, 0) is 26.2 Å². The van der Waals surface area contributed by atoms with Gasteiger partial charge >= 0.3 is 0 Å². The van der Waals surface area contributed by atoms with Crippen molar-refractivity contribution in [1.29, 1.82) is 0 Å². The van der Waals surface area contributed by atoms with Gasteiger partial charge in [0.15, 0.2) is 0 Å². The number of aromatic nitrogens is 3. The fourth-order valence-corrected chi connectivity index (χ4v) is 2.16. The van der Waals surface area contributed by atoms with Crippen LogP contribution in [0.2, 0.25) is 0 Å². The fourth-order valence-electron chi connectivity index (χ4n) is 2.16. The van der Waals surface area contributed by atoms with Gasteiger partial charge < -0.3 is 20.3 Å². The molecule has 0 spiro atoms. The molecule has 2 rings (SSSR count). The molecule has 0 saturated carbocycles. The lowest BCUT2D eigenvalue weighted by molar-refractivity contribution is 0.197. The number of hydrogen-bond donors (Lipinski definition) is 2. The molecule has 1 aliphatic heterocycles. The van der Waals surface area contributed by atoms with Crippen LogP contribution in [0.15, 0.2) is 0 Å². The van der Waals surface area contributed by atoms with Gasteiger partial charge in [-0.3, -0.25) is 0 Å². The molecule has 0 bridgehead atoms. The fraction of sp³-hybridized carbons (Fsp3) is 0.769. The van der Waals surface area contributed by atoms with Gasteiger partial charge in [0.05, 0.1) is 0 Å². The highest BCUT2D eigenvalue weighted by atomic mass is 16.5. The minimum Gasteiger partial charge on any atom is -0.385 e. The Morgan fingerprint density at radius 2 is 1.80 bits per heavy atom. The highest BCUT2D eigenvalue weighted by Gasteiger charge is 2.17. The Bertz CT molecular complexity index is 408. The molecule has 1 aromatic heterocycles. The van der Waals surface area contributed by atoms with Gasteiger partial charge in [-0.2, -0.15) is 15.0 Å². The van der Waals surface area contributed by atoms with Crippen molar-refractivity contribution in [2.24, 2.45) is 0 Å². The van der Waals surface area contributed by atoms with Crippen molar-refractivity contribution < 1.29 is 4.74 Å². The number of nitrogens with one attached hydrogen (secondary N) is 2. The minimum absolute atomic E-state index is 0.633. The summed E-state index contributed by atoms with van der Waals surface area (Å²) in [6, 6.07) is 0. The molecule has 0 aromatic carbocycles. The van der Waals surface area contributed by atoms with Crippen LogP contribution in [-0.4, -0.2) is 54.8 Å². The average Bonchev–Trinajstić information content (AvgIpc) is 2.98. The zero-order valence-electron chi connectivity index (χ0n) is 12.4. The Morgan fingerprint density at radius 3 is 2.45 bits per heavy atom. The zero-order valence-corrected chi connectivity index (χ0v) is 12.4. The zero-order chi connectivity index (χ0) is 14.2. The summed E-state index contributed by atoms with van der Waals surface area (Å²) in [6.45, 7) is 6.41. The van der Waals surface area contributed by atoms with E-state index in [1.54, 1.807) is 7.11 Å². The molecule has 7 heteroatoms. The van der Waals surface area contributed by atoms with E-state index in [1.165, 1.54) is 12.8 Å². The summed E-state index contributed by atoms with van der Waals surface area (Å²) >= 11 is 0. The van der Waals surface area contributed by atoms with Crippen molar-refractivity contribution >= 4 is 17.8 Å². The summed E-state index contributed by atoms with van der Waals surface area (Å²) in [7, 11) is 1.71. The predicted molar refractivity (Wildman–Crippen MR) is 80.4 cm³/mol. The van der Waals surface area contributed by atoms with Crippen LogP contribution in [0, 0.1) is 0 Å². The molecular weight excluding hydrogens is 256 g/mol. The van der Waals surface area contributed by atoms with Crippen LogP contribution in [0.5, 0.6) is 0 Å². The first kappa shape index (κ1) is 14.8. The van der Waals surface area contributed by atoms with Crippen molar-refractivity contribution in [3.05, 3.63) is 0 Å². The Hall–Kier alpha value is -1.63. The molecule has 1 saturated heterocycles. The highest BCUT2D eigenvalue weighted by Crippen LogP contribution is 2.18. The average molecular weight is 280 g/mol. The molecule has 0 aliphatic carbocycles. The first-order valence-electron chi connectivity index (χ1n) is 7.31. The molecule has 0 atom stereocenters. The summed E-state index contributed by atoms with van der Waals surface area (Å²) < 4.78 is 5.03. The largest absolute Gasteiger partial charge is 0.385 e. The van der Waals surface area contributed by atoms with Crippen LogP contribution in [-0.2, 0) is 4.74 Å². The van der Waals surface area contributed by atoms with Crippen molar-refractivity contribution in [2.75, 3.05) is 55.4 Å². The van der Waals surface area contributed by atoms with Crippen molar-refractivity contribution in [3.8, 4) is 0 Å². The molecule has 1 aromatic rings. The molecule has 1 fully saturated rings. The molecule has 1 aliphatic rings. The minimum atomic E-state index is 0.633. The topological polar surface area (TPSA) is 75.2 Å². The molecular formula is C13H24N6O. The van der Waals surface area contributed by atoms with Gasteiger partial charge in [-0.25, -0.2) is 0 Å². The Morgan fingerprint density at radius 1 is 1.10 bits per heavy atom. The third-order valence-corrected chi connectivity index (χ3v) is 3.16. The molecule has 0 radical (unpaired) electrons. The molecule has 7 nitrogen and oxygen atoms in total. The van der Waals surface area contributed by atoms with E-state index < -0.39 is 0 Å². The molecule has 0 unspecified atom stereocenters. The number of hydrogen-bond acceptors (Lipinski definition) is 7. The standard InChI is InChI=1S/C13H24N6O/c1-3-14-11-16-12(15-7-6-10-20-2)18-13(17-11)19-8-4-5-9-19/h3-10H2,1-2H3,(H2,14,15,16,17,18). The lowest BCUT2D eigenvalue weighted by atomic mass is 10.4. The van der Waals surface area contributed by atoms with E-state index in [4.69, 9.17) is 4.74 Å². The second kappa shape index (κ2) is 7.84. The Kier molecular flexibility index (Phi) is 5.79. The van der Waals surface area contributed by atoms with Gasteiger partial charge in [0.2, 0.25) is 17.8 Å². The second-order valence-electron chi connectivity index (χ2n) is 4.78. The summed E-state index contributed by atoms with van der Waals surface area (Å²) in [5.41, 5.74) is 0. The second-order valence-corrected chi connectivity index (χ2v) is 4.78. The van der Waals surface area contributed by atoms with Crippen LogP contribution >= 0.6 is 0 Å². The van der Waals surface area contributed by atoms with E-state index >= 15 is 0 Å². The monoisotopic (exact) mass is 280 g/mol. The number of nitrogens with zero attached hydrogens (tertiary/aromatic N) is 4. The maximum absolute atomic E-state index is 5.03. The SMILES string of the molecule is CCNc1nc(NCCCOC)nc(N2CCCC2)n1. The van der Waals surface area contributed by atoms with Crippen LogP contribution < -0.4 is 15.5 Å².